The van der Waals surface area contributed by atoms with Gasteiger partial charge in [0.05, 0.1) is 0 Å². The molecule has 1 N–H and O–H groups in total. The van der Waals surface area contributed by atoms with Gasteiger partial charge in [0.2, 0.25) is 0 Å². The number of unbranched alkanes of at least 4 members (excludes halogenated alkanes) is 3. The second-order valence-corrected chi connectivity index (χ2v) is 6.49. The number of hydrogen-bond donors (Lipinski definition) is 1. The summed E-state index contributed by atoms with van der Waals surface area (Å²) in [4.78, 5) is 0. The molecule has 10 heavy (non-hydrogen) atoms. The van der Waals surface area contributed by atoms with Crippen molar-refractivity contribution in [3.05, 3.63) is 0 Å². The molecule has 0 aliphatic heterocycles. The van der Waals surface area contributed by atoms with E-state index >= 15 is 0 Å². The van der Waals surface area contributed by atoms with Gasteiger partial charge in [0.1, 0.15) is 0 Å². The van der Waals surface area contributed by atoms with Crippen molar-refractivity contribution >= 4 is 34.4 Å². The molecular weight excluding hydrogens is 309 g/mol. The van der Waals surface area contributed by atoms with Gasteiger partial charge < -0.3 is 5.41 Å². The topological polar surface area (TPSA) is 23.9 Å². The zero-order chi connectivity index (χ0) is 8.24. The molecule has 67 valence electrons. The van der Waals surface area contributed by atoms with Gasteiger partial charge >= 0.3 is 39.6 Å². The van der Waals surface area contributed by atoms with E-state index in [-0.39, 0.29) is 0 Å². The molecule has 0 spiro atoms. The minimum atomic E-state index is 0.966. The van der Waals surface area contributed by atoms with Crippen LogP contribution in [0.15, 0.2) is 0 Å². The molecule has 0 radical (unpaired) electrons. The Balaban J connectivity index is 0. The first-order valence-corrected chi connectivity index (χ1v) is 7.79. The molecule has 0 bridgehead atoms. The second kappa shape index (κ2) is 16.6. The molecule has 0 rings (SSSR count). The quantitative estimate of drug-likeness (QED) is 0.461. The molecule has 0 aliphatic carbocycles. The number of hydrogen-bond acceptors (Lipinski definition) is 1. The van der Waals surface area contributed by atoms with Crippen molar-refractivity contribution in [2.45, 2.75) is 32.6 Å². The van der Waals surface area contributed by atoms with Gasteiger partial charge in [0.25, 0.3) is 0 Å². The number of rotatable bonds is 4. The Labute approximate surface area is 83.4 Å². The van der Waals surface area contributed by atoms with E-state index in [9.17, 15) is 0 Å². The molecule has 0 saturated heterocycles. The van der Waals surface area contributed by atoms with Crippen molar-refractivity contribution < 1.29 is 11.3 Å². The Kier molecular flexibility index (Phi) is 22.8. The van der Waals surface area contributed by atoms with Crippen LogP contribution in [0.1, 0.15) is 32.6 Å². The summed E-state index contributed by atoms with van der Waals surface area (Å²) in [5.41, 5.74) is 0. The van der Waals surface area contributed by atoms with Gasteiger partial charge in [-0.15, -0.1) is 0 Å². The molecule has 0 aliphatic rings. The zero-order valence-corrected chi connectivity index (χ0v) is 10.1. The van der Waals surface area contributed by atoms with Crippen molar-refractivity contribution in [3.63, 3.8) is 0 Å². The first kappa shape index (κ1) is 13.7. The fourth-order valence-corrected chi connectivity index (χ4v) is 0.496. The average Bonchev–Trinajstić information content (AvgIpc) is 1.91. The van der Waals surface area contributed by atoms with E-state index in [2.05, 4.69) is 35.1 Å². The van der Waals surface area contributed by atoms with Crippen LogP contribution in [0.5, 0.6) is 0 Å². The maximum atomic E-state index is 6.66. The van der Waals surface area contributed by atoms with Crippen molar-refractivity contribution in [1.29, 1.82) is 5.41 Å². The summed E-state index contributed by atoms with van der Waals surface area (Å²) in [5.74, 6) is 0. The molecule has 0 heterocycles. The van der Waals surface area contributed by atoms with Gasteiger partial charge in [-0.3, -0.25) is 0 Å². The van der Waals surface area contributed by atoms with Crippen molar-refractivity contribution in [2.75, 3.05) is 0 Å². The van der Waals surface area contributed by atoms with Crippen LogP contribution in [0.3, 0.4) is 0 Å². The SMILES string of the molecule is CCCCCC=N.[Br][Cu][Br]. The van der Waals surface area contributed by atoms with Gasteiger partial charge in [-0.1, -0.05) is 19.8 Å². The van der Waals surface area contributed by atoms with E-state index < -0.39 is 0 Å². The Hall–Kier alpha value is 1.15. The molecule has 0 amide bonds. The van der Waals surface area contributed by atoms with Crippen LogP contribution in [-0.2, 0) is 11.3 Å². The average molecular weight is 323 g/mol. The van der Waals surface area contributed by atoms with Crippen molar-refractivity contribution in [3.8, 4) is 0 Å². The van der Waals surface area contributed by atoms with Gasteiger partial charge in [-0.2, -0.15) is 0 Å². The zero-order valence-electron chi connectivity index (χ0n) is 5.96. The fraction of sp³-hybridized carbons (Fsp3) is 0.833. The summed E-state index contributed by atoms with van der Waals surface area (Å²) in [6, 6.07) is 0. The van der Waals surface area contributed by atoms with Crippen LogP contribution >= 0.6 is 28.2 Å². The van der Waals surface area contributed by atoms with E-state index in [0.717, 1.165) is 6.42 Å². The van der Waals surface area contributed by atoms with Crippen LogP contribution in [0.25, 0.3) is 0 Å². The van der Waals surface area contributed by atoms with E-state index in [1.165, 1.54) is 36.8 Å². The molecular formula is C6H13Br2CuN. The van der Waals surface area contributed by atoms with E-state index in [4.69, 9.17) is 5.41 Å². The van der Waals surface area contributed by atoms with E-state index in [1.54, 1.807) is 0 Å². The van der Waals surface area contributed by atoms with E-state index in [1.807, 2.05) is 0 Å². The first-order valence-electron chi connectivity index (χ1n) is 3.13. The van der Waals surface area contributed by atoms with Gasteiger partial charge in [-0.25, -0.2) is 0 Å². The van der Waals surface area contributed by atoms with E-state index in [0.29, 0.717) is 0 Å². The molecule has 0 atom stereocenters. The fourth-order valence-electron chi connectivity index (χ4n) is 0.496. The standard InChI is InChI=1S/C6H13N.2BrH.Cu/c1-2-3-4-5-6-7;;;/h6-7H,2-5H2,1H3;2*1H;/q;;;+2/p-2. The Morgan fingerprint density at radius 2 is 1.90 bits per heavy atom. The molecule has 0 aromatic heterocycles. The van der Waals surface area contributed by atoms with Crippen LogP contribution in [0, 0.1) is 5.41 Å². The van der Waals surface area contributed by atoms with Crippen molar-refractivity contribution in [2.24, 2.45) is 0 Å². The minimum absolute atomic E-state index is 0.966. The first-order chi connectivity index (χ1) is 4.83. The van der Waals surface area contributed by atoms with Crippen LogP contribution in [-0.4, -0.2) is 6.21 Å². The maximum absolute atomic E-state index is 6.66. The second-order valence-electron chi connectivity index (χ2n) is 1.74. The summed E-state index contributed by atoms with van der Waals surface area (Å²) in [6.45, 7) is 2.17. The van der Waals surface area contributed by atoms with Gasteiger partial charge in [-0.05, 0) is 19.1 Å². The molecule has 0 aromatic carbocycles. The summed E-state index contributed by atoms with van der Waals surface area (Å²) in [7, 11) is 0. The summed E-state index contributed by atoms with van der Waals surface area (Å²) < 4.78 is 0. The monoisotopic (exact) mass is 320 g/mol. The molecule has 0 fully saturated rings. The van der Waals surface area contributed by atoms with Crippen molar-refractivity contribution in [1.82, 2.24) is 0 Å². The third kappa shape index (κ3) is 22.9. The summed E-state index contributed by atoms with van der Waals surface area (Å²) in [6.07, 6.45) is 6.17. The number of halogens is 2. The summed E-state index contributed by atoms with van der Waals surface area (Å²) in [5, 5.41) is 6.66. The van der Waals surface area contributed by atoms with Crippen LogP contribution in [0.2, 0.25) is 0 Å². The predicted molar refractivity (Wildman–Crippen MR) is 50.8 cm³/mol. The molecule has 4 heteroatoms. The summed E-state index contributed by atoms with van der Waals surface area (Å²) >= 11 is 7.38. The van der Waals surface area contributed by atoms with Crippen LogP contribution < -0.4 is 0 Å². The molecule has 1 nitrogen and oxygen atoms in total. The third-order valence-corrected chi connectivity index (χ3v) is 0.952. The predicted octanol–water partition coefficient (Wildman–Crippen LogP) is 3.90. The van der Waals surface area contributed by atoms with Gasteiger partial charge in [0.15, 0.2) is 0 Å². The molecule has 0 aromatic rings. The number of nitrogens with one attached hydrogen (secondary N) is 1. The Morgan fingerprint density at radius 3 is 2.20 bits per heavy atom. The van der Waals surface area contributed by atoms with Gasteiger partial charge in [0, 0.05) is 0 Å². The normalized spacial score (nSPS) is 8.30. The third-order valence-electron chi connectivity index (χ3n) is 0.952. The molecule has 0 unspecified atom stereocenters. The molecule has 0 saturated carbocycles. The Morgan fingerprint density at radius 1 is 1.40 bits per heavy atom. The van der Waals surface area contributed by atoms with Crippen LogP contribution in [0.4, 0.5) is 0 Å². The Bertz CT molecular complexity index is 61.7.